The number of pyridine rings is 1. The Morgan fingerprint density at radius 2 is 2.39 bits per heavy atom. The fraction of sp³-hybridized carbons (Fsp3) is 0.545. The highest BCUT2D eigenvalue weighted by atomic mass is 16.6. The van der Waals surface area contributed by atoms with E-state index in [-0.39, 0.29) is 23.7 Å². The molecule has 0 bridgehead atoms. The van der Waals surface area contributed by atoms with Crippen LogP contribution >= 0.6 is 0 Å². The van der Waals surface area contributed by atoms with Gasteiger partial charge in [0.2, 0.25) is 0 Å². The largest absolute Gasteiger partial charge is 0.383 e. The Morgan fingerprint density at radius 3 is 3.06 bits per heavy atom. The molecule has 0 aromatic carbocycles. The van der Waals surface area contributed by atoms with E-state index < -0.39 is 4.92 Å². The molecule has 0 aliphatic carbocycles. The second-order valence-electron chi connectivity index (χ2n) is 4.44. The van der Waals surface area contributed by atoms with E-state index >= 15 is 0 Å². The van der Waals surface area contributed by atoms with Crippen molar-refractivity contribution in [3.8, 4) is 0 Å². The summed E-state index contributed by atoms with van der Waals surface area (Å²) in [7, 11) is 0. The van der Waals surface area contributed by atoms with Crippen LogP contribution in [0.5, 0.6) is 0 Å². The minimum Gasteiger partial charge on any atom is -0.383 e. The number of rotatable bonds is 3. The number of hydrogen-bond donors (Lipinski definition) is 2. The maximum atomic E-state index is 10.7. The van der Waals surface area contributed by atoms with Gasteiger partial charge in [0.15, 0.2) is 0 Å². The summed E-state index contributed by atoms with van der Waals surface area (Å²) < 4.78 is 5.44. The van der Waals surface area contributed by atoms with Gasteiger partial charge in [0, 0.05) is 12.6 Å². The zero-order valence-electron chi connectivity index (χ0n) is 10.1. The minimum absolute atomic E-state index is 0.0508. The molecule has 1 aromatic rings. The normalized spacial score (nSPS) is 23.6. The molecular formula is C11H16N4O3. The zero-order valence-corrected chi connectivity index (χ0v) is 10.1. The van der Waals surface area contributed by atoms with Crippen LogP contribution in [-0.2, 0) is 4.74 Å². The first-order valence-electron chi connectivity index (χ1n) is 5.84. The Hall–Kier alpha value is -1.89. The highest BCUT2D eigenvalue weighted by Gasteiger charge is 2.20. The van der Waals surface area contributed by atoms with E-state index in [9.17, 15) is 10.1 Å². The molecule has 1 saturated heterocycles. The van der Waals surface area contributed by atoms with Crippen LogP contribution in [-0.4, -0.2) is 28.7 Å². The van der Waals surface area contributed by atoms with Gasteiger partial charge in [-0.2, -0.15) is 0 Å². The number of nitrogens with two attached hydrogens (primary N) is 1. The van der Waals surface area contributed by atoms with Crippen molar-refractivity contribution in [1.29, 1.82) is 0 Å². The lowest BCUT2D eigenvalue weighted by molar-refractivity contribution is -0.384. The van der Waals surface area contributed by atoms with Crippen molar-refractivity contribution in [1.82, 2.24) is 4.98 Å². The average molecular weight is 252 g/mol. The van der Waals surface area contributed by atoms with E-state index in [1.807, 2.05) is 6.92 Å². The molecule has 1 fully saturated rings. The summed E-state index contributed by atoms with van der Waals surface area (Å²) in [6, 6.07) is 2.86. The molecule has 98 valence electrons. The topological polar surface area (TPSA) is 103 Å². The molecule has 7 heteroatoms. The summed E-state index contributed by atoms with van der Waals surface area (Å²) in [5.74, 6) is 0.590. The van der Waals surface area contributed by atoms with Gasteiger partial charge >= 0.3 is 0 Å². The molecule has 2 rings (SSSR count). The van der Waals surface area contributed by atoms with Crippen LogP contribution in [0.15, 0.2) is 12.1 Å². The van der Waals surface area contributed by atoms with Gasteiger partial charge in [-0.05, 0) is 19.8 Å². The molecule has 0 saturated carbocycles. The van der Waals surface area contributed by atoms with Gasteiger partial charge in [-0.15, -0.1) is 0 Å². The first-order chi connectivity index (χ1) is 8.54. The molecule has 0 spiro atoms. The fourth-order valence-corrected chi connectivity index (χ4v) is 2.05. The molecule has 18 heavy (non-hydrogen) atoms. The SMILES string of the molecule is CC1CC(Nc2cc([N+](=O)[O-])cc(N)n2)CCO1. The number of hydrogen-bond acceptors (Lipinski definition) is 6. The quantitative estimate of drug-likeness (QED) is 0.625. The van der Waals surface area contributed by atoms with Crippen molar-refractivity contribution in [2.24, 2.45) is 0 Å². The summed E-state index contributed by atoms with van der Waals surface area (Å²) in [5.41, 5.74) is 5.50. The van der Waals surface area contributed by atoms with Gasteiger partial charge in [-0.25, -0.2) is 4.98 Å². The molecule has 2 heterocycles. The fourth-order valence-electron chi connectivity index (χ4n) is 2.05. The lowest BCUT2D eigenvalue weighted by Gasteiger charge is -2.28. The van der Waals surface area contributed by atoms with Crippen LogP contribution in [0, 0.1) is 10.1 Å². The first kappa shape index (κ1) is 12.6. The maximum absolute atomic E-state index is 10.7. The third-order valence-electron chi connectivity index (χ3n) is 2.88. The van der Waals surface area contributed by atoms with Gasteiger partial charge in [0.25, 0.3) is 5.69 Å². The monoisotopic (exact) mass is 252 g/mol. The van der Waals surface area contributed by atoms with Crippen molar-refractivity contribution < 1.29 is 9.66 Å². The summed E-state index contributed by atoms with van der Waals surface area (Å²) in [6.45, 7) is 2.69. The van der Waals surface area contributed by atoms with Crippen LogP contribution in [0.4, 0.5) is 17.3 Å². The first-order valence-corrected chi connectivity index (χ1v) is 5.84. The highest BCUT2D eigenvalue weighted by molar-refractivity contribution is 5.53. The van der Waals surface area contributed by atoms with Crippen molar-refractivity contribution in [2.75, 3.05) is 17.7 Å². The van der Waals surface area contributed by atoms with E-state index in [1.54, 1.807) is 0 Å². The van der Waals surface area contributed by atoms with Crippen LogP contribution in [0.1, 0.15) is 19.8 Å². The number of nitrogens with zero attached hydrogens (tertiary/aromatic N) is 2. The molecule has 2 atom stereocenters. The van der Waals surface area contributed by atoms with E-state index in [4.69, 9.17) is 10.5 Å². The van der Waals surface area contributed by atoms with Crippen LogP contribution < -0.4 is 11.1 Å². The van der Waals surface area contributed by atoms with E-state index in [0.717, 1.165) is 12.8 Å². The Labute approximate surface area is 104 Å². The third-order valence-corrected chi connectivity index (χ3v) is 2.88. The predicted octanol–water partition coefficient (Wildman–Crippen LogP) is 1.55. The van der Waals surface area contributed by atoms with Gasteiger partial charge in [0.05, 0.1) is 23.2 Å². The molecule has 3 N–H and O–H groups in total. The molecule has 1 aromatic heterocycles. The second kappa shape index (κ2) is 5.18. The molecule has 7 nitrogen and oxygen atoms in total. The number of nitrogen functional groups attached to an aromatic ring is 1. The van der Waals surface area contributed by atoms with Crippen LogP contribution in [0.25, 0.3) is 0 Å². The maximum Gasteiger partial charge on any atom is 0.276 e. The van der Waals surface area contributed by atoms with Crippen LogP contribution in [0.2, 0.25) is 0 Å². The predicted molar refractivity (Wildman–Crippen MR) is 67.4 cm³/mol. The number of aromatic nitrogens is 1. The molecule has 1 aliphatic heterocycles. The Morgan fingerprint density at radius 1 is 1.61 bits per heavy atom. The summed E-state index contributed by atoms with van der Waals surface area (Å²) >= 11 is 0. The lowest BCUT2D eigenvalue weighted by Crippen LogP contribution is -2.32. The molecule has 2 unspecified atom stereocenters. The van der Waals surface area contributed by atoms with Gasteiger partial charge in [-0.1, -0.05) is 0 Å². The molecule has 1 aliphatic rings. The Balaban J connectivity index is 2.10. The molecular weight excluding hydrogens is 236 g/mol. The lowest BCUT2D eigenvalue weighted by atomic mass is 10.0. The standard InChI is InChI=1S/C11H16N4O3/c1-7-4-8(2-3-18-7)13-11-6-9(15(16)17)5-10(12)14-11/h5-8H,2-4H2,1H3,(H3,12,13,14). The summed E-state index contributed by atoms with van der Waals surface area (Å²) in [6.07, 6.45) is 1.89. The summed E-state index contributed by atoms with van der Waals surface area (Å²) in [5, 5.41) is 13.9. The van der Waals surface area contributed by atoms with E-state index in [2.05, 4.69) is 10.3 Å². The van der Waals surface area contributed by atoms with Gasteiger partial charge < -0.3 is 15.8 Å². The minimum atomic E-state index is -0.476. The van der Waals surface area contributed by atoms with Crippen molar-refractivity contribution in [3.63, 3.8) is 0 Å². The summed E-state index contributed by atoms with van der Waals surface area (Å²) in [4.78, 5) is 14.3. The van der Waals surface area contributed by atoms with Crippen molar-refractivity contribution >= 4 is 17.3 Å². The van der Waals surface area contributed by atoms with Crippen molar-refractivity contribution in [2.45, 2.75) is 31.9 Å². The van der Waals surface area contributed by atoms with E-state index in [1.165, 1.54) is 12.1 Å². The van der Waals surface area contributed by atoms with E-state index in [0.29, 0.717) is 12.4 Å². The molecule has 0 radical (unpaired) electrons. The number of ether oxygens (including phenoxy) is 1. The number of nitro groups is 1. The van der Waals surface area contributed by atoms with Crippen molar-refractivity contribution in [3.05, 3.63) is 22.2 Å². The zero-order chi connectivity index (χ0) is 13.1. The second-order valence-corrected chi connectivity index (χ2v) is 4.44. The number of anilines is 2. The Bertz CT molecular complexity index is 452. The van der Waals surface area contributed by atoms with Gasteiger partial charge in [0.1, 0.15) is 11.6 Å². The van der Waals surface area contributed by atoms with Crippen LogP contribution in [0.3, 0.4) is 0 Å². The average Bonchev–Trinajstić information content (AvgIpc) is 2.28. The smallest absolute Gasteiger partial charge is 0.276 e. The number of nitrogens with one attached hydrogen (secondary N) is 1. The van der Waals surface area contributed by atoms with Gasteiger partial charge in [-0.3, -0.25) is 10.1 Å². The highest BCUT2D eigenvalue weighted by Crippen LogP contribution is 2.22. The molecule has 0 amide bonds. The third kappa shape index (κ3) is 3.07. The Kier molecular flexibility index (Phi) is 3.61.